The second kappa shape index (κ2) is 8.56. The summed E-state index contributed by atoms with van der Waals surface area (Å²) < 4.78 is 13.3. The topological polar surface area (TPSA) is 43.9 Å². The summed E-state index contributed by atoms with van der Waals surface area (Å²) in [7, 11) is 0. The Morgan fingerprint density at radius 2 is 1.70 bits per heavy atom. The zero-order valence-corrected chi connectivity index (χ0v) is 19.5. The zero-order chi connectivity index (χ0) is 23.2. The highest BCUT2D eigenvalue weighted by atomic mass is 19.1. The molecule has 0 aromatic heterocycles. The summed E-state index contributed by atoms with van der Waals surface area (Å²) >= 11 is 0. The predicted octanol–water partition coefficient (Wildman–Crippen LogP) is 4.04. The Bertz CT molecular complexity index is 1040. The van der Waals surface area contributed by atoms with Gasteiger partial charge in [0.05, 0.1) is 11.5 Å². The van der Waals surface area contributed by atoms with E-state index in [4.69, 9.17) is 0 Å². The van der Waals surface area contributed by atoms with Crippen molar-refractivity contribution in [2.24, 2.45) is 0 Å². The quantitative estimate of drug-likeness (QED) is 0.708. The van der Waals surface area contributed by atoms with Crippen LogP contribution in [0.2, 0.25) is 0 Å². The molecule has 5 rings (SSSR count). The van der Waals surface area contributed by atoms with Gasteiger partial charge in [0.25, 0.3) is 5.91 Å². The predicted molar refractivity (Wildman–Crippen MR) is 125 cm³/mol. The number of likely N-dealkylation sites (tertiary alicyclic amines) is 2. The molecule has 6 heteroatoms. The van der Waals surface area contributed by atoms with E-state index in [0.29, 0.717) is 5.56 Å². The molecule has 3 aliphatic heterocycles. The summed E-state index contributed by atoms with van der Waals surface area (Å²) in [6.45, 7) is 8.06. The first-order valence-corrected chi connectivity index (χ1v) is 12.1. The molecule has 0 bridgehead atoms. The Hall–Kier alpha value is -2.73. The average molecular weight is 450 g/mol. The van der Waals surface area contributed by atoms with Gasteiger partial charge in [-0.2, -0.15) is 0 Å². The molecule has 0 saturated carbocycles. The van der Waals surface area contributed by atoms with E-state index in [-0.39, 0.29) is 29.6 Å². The van der Waals surface area contributed by atoms with Gasteiger partial charge < -0.3 is 9.80 Å². The number of amides is 2. The molecule has 2 aromatic rings. The summed E-state index contributed by atoms with van der Waals surface area (Å²) in [6.07, 6.45) is 2.54. The van der Waals surface area contributed by atoms with Crippen molar-refractivity contribution < 1.29 is 14.0 Å². The average Bonchev–Trinajstić information content (AvgIpc) is 2.76. The van der Waals surface area contributed by atoms with Gasteiger partial charge >= 0.3 is 0 Å². The van der Waals surface area contributed by atoms with Gasteiger partial charge in [-0.3, -0.25) is 14.5 Å². The lowest BCUT2D eigenvalue weighted by atomic mass is 9.66. The number of halogens is 1. The van der Waals surface area contributed by atoms with Crippen LogP contribution in [0, 0.1) is 5.82 Å². The SMILES string of the molecule is CC(C)N1C(=O)c2ccccc2C(C(=O)N2CCC2)C12CCN(Cc1ccc(F)cc1)CC2. The molecule has 1 unspecified atom stereocenters. The minimum atomic E-state index is -0.522. The Balaban J connectivity index is 1.49. The van der Waals surface area contributed by atoms with Crippen molar-refractivity contribution in [3.63, 3.8) is 0 Å². The fourth-order valence-corrected chi connectivity index (χ4v) is 6.01. The minimum Gasteiger partial charge on any atom is -0.342 e. The van der Waals surface area contributed by atoms with Crippen LogP contribution < -0.4 is 0 Å². The molecule has 2 amide bonds. The summed E-state index contributed by atoms with van der Waals surface area (Å²) in [5.74, 6) is -0.350. The van der Waals surface area contributed by atoms with E-state index in [1.165, 1.54) is 12.1 Å². The molecule has 5 nitrogen and oxygen atoms in total. The Morgan fingerprint density at radius 1 is 1.03 bits per heavy atom. The van der Waals surface area contributed by atoms with Gasteiger partial charge in [-0.15, -0.1) is 0 Å². The monoisotopic (exact) mass is 449 g/mol. The molecular weight excluding hydrogens is 417 g/mol. The van der Waals surface area contributed by atoms with Crippen LogP contribution in [-0.4, -0.2) is 64.3 Å². The smallest absolute Gasteiger partial charge is 0.254 e. The van der Waals surface area contributed by atoms with Crippen molar-refractivity contribution in [2.75, 3.05) is 26.2 Å². The van der Waals surface area contributed by atoms with Gasteiger partial charge in [0.1, 0.15) is 5.82 Å². The van der Waals surface area contributed by atoms with E-state index in [1.54, 1.807) is 0 Å². The van der Waals surface area contributed by atoms with Crippen molar-refractivity contribution in [3.05, 3.63) is 71.0 Å². The lowest BCUT2D eigenvalue weighted by molar-refractivity contribution is -0.142. The van der Waals surface area contributed by atoms with Crippen LogP contribution in [0.25, 0.3) is 0 Å². The van der Waals surface area contributed by atoms with Gasteiger partial charge in [0.15, 0.2) is 0 Å². The largest absolute Gasteiger partial charge is 0.342 e. The highest BCUT2D eigenvalue weighted by Gasteiger charge is 2.57. The molecule has 3 heterocycles. The van der Waals surface area contributed by atoms with Crippen molar-refractivity contribution in [2.45, 2.75) is 57.2 Å². The van der Waals surface area contributed by atoms with Crippen LogP contribution in [0.4, 0.5) is 4.39 Å². The maximum absolute atomic E-state index is 13.8. The molecule has 2 saturated heterocycles. The molecule has 174 valence electrons. The number of hydrogen-bond donors (Lipinski definition) is 0. The van der Waals surface area contributed by atoms with Gasteiger partial charge in [0.2, 0.25) is 5.91 Å². The number of piperidine rings is 1. The van der Waals surface area contributed by atoms with Crippen LogP contribution >= 0.6 is 0 Å². The van der Waals surface area contributed by atoms with Crippen LogP contribution in [0.5, 0.6) is 0 Å². The van der Waals surface area contributed by atoms with Crippen LogP contribution in [-0.2, 0) is 11.3 Å². The van der Waals surface area contributed by atoms with E-state index in [1.807, 2.05) is 46.2 Å². The maximum Gasteiger partial charge on any atom is 0.254 e. The van der Waals surface area contributed by atoms with Crippen LogP contribution in [0.1, 0.15) is 60.5 Å². The lowest BCUT2D eigenvalue weighted by Crippen LogP contribution is -2.67. The molecule has 3 aliphatic rings. The normalized spacial score (nSPS) is 22.4. The Kier molecular flexibility index (Phi) is 5.73. The highest BCUT2D eigenvalue weighted by Crippen LogP contribution is 2.49. The zero-order valence-electron chi connectivity index (χ0n) is 19.5. The summed E-state index contributed by atoms with van der Waals surface area (Å²) in [5, 5.41) is 0. The van der Waals surface area contributed by atoms with E-state index < -0.39 is 5.54 Å². The Morgan fingerprint density at radius 3 is 2.30 bits per heavy atom. The number of rotatable bonds is 4. The first-order valence-electron chi connectivity index (χ1n) is 12.1. The standard InChI is InChI=1S/C27H32FN3O2/c1-19(2)31-25(32)23-7-4-3-6-22(23)24(26(33)30-14-5-15-30)27(31)12-16-29(17-13-27)18-20-8-10-21(28)11-9-20/h3-4,6-11,19,24H,5,12-18H2,1-2H3. The first-order chi connectivity index (χ1) is 15.9. The number of nitrogens with zero attached hydrogens (tertiary/aromatic N) is 3. The third-order valence-corrected chi connectivity index (χ3v) is 7.71. The number of fused-ring (bicyclic) bond motifs is 1. The third-order valence-electron chi connectivity index (χ3n) is 7.71. The summed E-state index contributed by atoms with van der Waals surface area (Å²) in [5.41, 5.74) is 2.12. The van der Waals surface area contributed by atoms with Crippen molar-refractivity contribution in [1.29, 1.82) is 0 Å². The molecule has 0 aliphatic carbocycles. The minimum absolute atomic E-state index is 0.00111. The lowest BCUT2D eigenvalue weighted by Gasteiger charge is -2.57. The van der Waals surface area contributed by atoms with Crippen molar-refractivity contribution in [1.82, 2.24) is 14.7 Å². The second-order valence-corrected chi connectivity index (χ2v) is 9.97. The van der Waals surface area contributed by atoms with E-state index in [9.17, 15) is 14.0 Å². The van der Waals surface area contributed by atoms with Crippen molar-refractivity contribution >= 4 is 11.8 Å². The van der Waals surface area contributed by atoms with Gasteiger partial charge in [-0.1, -0.05) is 30.3 Å². The molecule has 2 aromatic carbocycles. The van der Waals surface area contributed by atoms with E-state index in [0.717, 1.165) is 63.1 Å². The maximum atomic E-state index is 13.8. The number of carbonyl (C=O) groups excluding carboxylic acids is 2. The summed E-state index contributed by atoms with van der Waals surface area (Å²) in [4.78, 5) is 33.9. The van der Waals surface area contributed by atoms with Crippen LogP contribution in [0.15, 0.2) is 48.5 Å². The van der Waals surface area contributed by atoms with E-state index in [2.05, 4.69) is 18.7 Å². The number of benzene rings is 2. The molecular formula is C27H32FN3O2. The molecule has 1 atom stereocenters. The third kappa shape index (κ3) is 3.74. The molecule has 1 spiro atoms. The van der Waals surface area contributed by atoms with Gasteiger partial charge in [-0.05, 0) is 62.4 Å². The fourth-order valence-electron chi connectivity index (χ4n) is 6.01. The molecule has 0 N–H and O–H groups in total. The van der Waals surface area contributed by atoms with E-state index >= 15 is 0 Å². The molecule has 2 fully saturated rings. The second-order valence-electron chi connectivity index (χ2n) is 9.97. The molecule has 33 heavy (non-hydrogen) atoms. The van der Waals surface area contributed by atoms with Gasteiger partial charge in [-0.25, -0.2) is 4.39 Å². The highest BCUT2D eigenvalue weighted by molar-refractivity contribution is 6.02. The number of carbonyl (C=O) groups is 2. The fraction of sp³-hybridized carbons (Fsp3) is 0.481. The number of hydrogen-bond acceptors (Lipinski definition) is 3. The first kappa shape index (κ1) is 22.1. The van der Waals surface area contributed by atoms with Crippen molar-refractivity contribution in [3.8, 4) is 0 Å². The van der Waals surface area contributed by atoms with Crippen LogP contribution in [0.3, 0.4) is 0 Å². The Labute approximate surface area is 195 Å². The molecule has 0 radical (unpaired) electrons. The summed E-state index contributed by atoms with van der Waals surface area (Å²) in [6, 6.07) is 14.4. The van der Waals surface area contributed by atoms with Gasteiger partial charge in [0, 0.05) is 44.3 Å².